The van der Waals surface area contributed by atoms with Crippen LogP contribution in [0.15, 0.2) is 58.0 Å². The third-order valence-electron chi connectivity index (χ3n) is 4.37. The van der Waals surface area contributed by atoms with E-state index in [2.05, 4.69) is 20.5 Å². The summed E-state index contributed by atoms with van der Waals surface area (Å²) >= 11 is 0. The molecule has 1 aromatic carbocycles. The van der Waals surface area contributed by atoms with E-state index in [1.165, 1.54) is 42.8 Å². The molecule has 170 valence electrons. The van der Waals surface area contributed by atoms with Gasteiger partial charge in [-0.1, -0.05) is 11.2 Å². The van der Waals surface area contributed by atoms with Crippen molar-refractivity contribution in [1.29, 1.82) is 0 Å². The van der Waals surface area contributed by atoms with Crippen molar-refractivity contribution >= 4 is 21.9 Å². The summed E-state index contributed by atoms with van der Waals surface area (Å²) in [5, 5.41) is 10.1. The van der Waals surface area contributed by atoms with Crippen molar-refractivity contribution in [2.45, 2.75) is 4.90 Å². The molecule has 1 amide bonds. The summed E-state index contributed by atoms with van der Waals surface area (Å²) < 4.78 is 42.5. The number of anilines is 1. The van der Waals surface area contributed by atoms with Gasteiger partial charge in [0.05, 0.1) is 18.1 Å². The molecular weight excluding hydrogens is 438 g/mol. The summed E-state index contributed by atoms with van der Waals surface area (Å²) in [6, 6.07) is 10.7. The molecule has 0 aliphatic heterocycles. The number of nitrogens with zero attached hydrogens (tertiary/aromatic N) is 4. The van der Waals surface area contributed by atoms with Crippen LogP contribution in [0.5, 0.6) is 0 Å². The fourth-order valence-electron chi connectivity index (χ4n) is 2.70. The first kappa shape index (κ1) is 23.5. The van der Waals surface area contributed by atoms with Crippen LogP contribution in [-0.4, -0.2) is 74.3 Å². The van der Waals surface area contributed by atoms with E-state index >= 15 is 0 Å². The zero-order valence-electron chi connectivity index (χ0n) is 17.6. The van der Waals surface area contributed by atoms with E-state index < -0.39 is 15.9 Å². The molecule has 1 N–H and O–H groups in total. The number of carbonyl (C=O) groups excluding carboxylic acids is 1. The molecule has 0 aliphatic carbocycles. The first-order valence-electron chi connectivity index (χ1n) is 9.60. The Morgan fingerprint density at radius 3 is 2.31 bits per heavy atom. The number of pyridine rings is 1. The normalized spacial score (nSPS) is 11.6. The number of methoxy groups -OCH3 is 2. The zero-order valence-corrected chi connectivity index (χ0v) is 18.4. The summed E-state index contributed by atoms with van der Waals surface area (Å²) in [4.78, 5) is 16.6. The fourth-order valence-corrected chi connectivity index (χ4v) is 4.11. The Morgan fingerprint density at radius 2 is 1.72 bits per heavy atom. The van der Waals surface area contributed by atoms with Crippen LogP contribution < -0.4 is 5.32 Å². The molecule has 0 atom stereocenters. The van der Waals surface area contributed by atoms with Gasteiger partial charge in [0, 0.05) is 39.1 Å². The molecule has 0 fully saturated rings. The molecule has 2 heterocycles. The lowest BCUT2D eigenvalue weighted by atomic mass is 10.2. The number of hydrogen-bond acceptors (Lipinski definition) is 9. The van der Waals surface area contributed by atoms with Gasteiger partial charge >= 0.3 is 6.01 Å². The van der Waals surface area contributed by atoms with Gasteiger partial charge in [-0.2, -0.15) is 4.31 Å². The topological polar surface area (TPSA) is 137 Å². The van der Waals surface area contributed by atoms with E-state index in [9.17, 15) is 13.2 Å². The molecule has 2 aromatic heterocycles. The lowest BCUT2D eigenvalue weighted by Gasteiger charge is -2.21. The smallest absolute Gasteiger partial charge is 0.322 e. The number of nitrogens with one attached hydrogen (secondary N) is 1. The van der Waals surface area contributed by atoms with Crippen LogP contribution in [0.1, 0.15) is 10.4 Å². The van der Waals surface area contributed by atoms with E-state index in [4.69, 9.17) is 13.9 Å². The van der Waals surface area contributed by atoms with Crippen LogP contribution in [0.2, 0.25) is 0 Å². The Bertz CT molecular complexity index is 1110. The molecule has 3 aromatic rings. The number of rotatable bonds is 11. The summed E-state index contributed by atoms with van der Waals surface area (Å²) in [6.45, 7) is 0.850. The average molecular weight is 462 g/mol. The Balaban J connectivity index is 1.70. The second kappa shape index (κ2) is 10.9. The zero-order chi connectivity index (χ0) is 23.0. The third-order valence-corrected chi connectivity index (χ3v) is 6.29. The lowest BCUT2D eigenvalue weighted by Crippen LogP contribution is -2.36. The molecule has 11 nitrogen and oxygen atoms in total. The van der Waals surface area contributed by atoms with Gasteiger partial charge in [-0.25, -0.2) is 8.42 Å². The molecule has 0 saturated carbocycles. The van der Waals surface area contributed by atoms with Crippen molar-refractivity contribution < 1.29 is 27.1 Å². The molecular formula is C20H23N5O6S. The minimum absolute atomic E-state index is 0.0523. The van der Waals surface area contributed by atoms with E-state index in [0.29, 0.717) is 5.69 Å². The van der Waals surface area contributed by atoms with Gasteiger partial charge in [0.25, 0.3) is 11.8 Å². The lowest BCUT2D eigenvalue weighted by molar-refractivity contribution is 0.102. The minimum Gasteiger partial charge on any atom is -0.401 e. The molecule has 0 unspecified atom stereocenters. The molecule has 0 saturated heterocycles. The molecule has 12 heteroatoms. The second-order valence-corrected chi connectivity index (χ2v) is 8.43. The van der Waals surface area contributed by atoms with Crippen molar-refractivity contribution in [3.8, 4) is 11.6 Å². The van der Waals surface area contributed by atoms with E-state index in [1.54, 1.807) is 24.4 Å². The van der Waals surface area contributed by atoms with Gasteiger partial charge < -0.3 is 13.9 Å². The van der Waals surface area contributed by atoms with E-state index in [-0.39, 0.29) is 48.7 Å². The van der Waals surface area contributed by atoms with Gasteiger partial charge in [-0.3, -0.25) is 15.1 Å². The molecule has 0 spiro atoms. The monoisotopic (exact) mass is 461 g/mol. The first-order valence-corrected chi connectivity index (χ1v) is 11.0. The number of hydrogen-bond donors (Lipinski definition) is 1. The maximum Gasteiger partial charge on any atom is 0.322 e. The van der Waals surface area contributed by atoms with Crippen LogP contribution >= 0.6 is 0 Å². The Labute approximate surface area is 185 Å². The number of ether oxygens (including phenoxy) is 2. The Hall–Kier alpha value is -3.19. The molecule has 32 heavy (non-hydrogen) atoms. The summed E-state index contributed by atoms with van der Waals surface area (Å²) in [6.07, 6.45) is 1.58. The van der Waals surface area contributed by atoms with E-state index in [1.807, 2.05) is 0 Å². The van der Waals surface area contributed by atoms with Crippen LogP contribution in [0.4, 0.5) is 6.01 Å². The van der Waals surface area contributed by atoms with Gasteiger partial charge in [-0.15, -0.1) is 5.10 Å². The number of aromatic nitrogens is 3. The predicted molar refractivity (Wildman–Crippen MR) is 114 cm³/mol. The highest BCUT2D eigenvalue weighted by Gasteiger charge is 2.24. The van der Waals surface area contributed by atoms with Crippen molar-refractivity contribution in [1.82, 2.24) is 19.5 Å². The number of amides is 1. The van der Waals surface area contributed by atoms with Gasteiger partial charge in [0.1, 0.15) is 5.69 Å². The van der Waals surface area contributed by atoms with E-state index in [0.717, 1.165) is 0 Å². The van der Waals surface area contributed by atoms with Crippen LogP contribution in [0.3, 0.4) is 0 Å². The predicted octanol–water partition coefficient (Wildman–Crippen LogP) is 1.67. The van der Waals surface area contributed by atoms with Crippen LogP contribution in [0.25, 0.3) is 11.6 Å². The Kier molecular flexibility index (Phi) is 8.00. The van der Waals surface area contributed by atoms with Crippen LogP contribution in [-0.2, 0) is 19.5 Å². The first-order chi connectivity index (χ1) is 15.5. The Morgan fingerprint density at radius 1 is 1.03 bits per heavy atom. The third kappa shape index (κ3) is 5.73. The summed E-state index contributed by atoms with van der Waals surface area (Å²) in [7, 11) is -0.786. The second-order valence-electron chi connectivity index (χ2n) is 6.50. The maximum absolute atomic E-state index is 12.9. The summed E-state index contributed by atoms with van der Waals surface area (Å²) in [5.74, 6) is -0.365. The van der Waals surface area contributed by atoms with Crippen molar-refractivity contribution in [2.24, 2.45) is 0 Å². The fraction of sp³-hybridized carbons (Fsp3) is 0.300. The highest BCUT2D eigenvalue weighted by Crippen LogP contribution is 2.19. The van der Waals surface area contributed by atoms with Crippen LogP contribution in [0, 0.1) is 0 Å². The molecule has 0 radical (unpaired) electrons. The van der Waals surface area contributed by atoms with Gasteiger partial charge in [0.2, 0.25) is 10.0 Å². The average Bonchev–Trinajstić information content (AvgIpc) is 3.28. The van der Waals surface area contributed by atoms with Crippen molar-refractivity contribution in [3.05, 3.63) is 54.2 Å². The van der Waals surface area contributed by atoms with Crippen molar-refractivity contribution in [3.63, 3.8) is 0 Å². The van der Waals surface area contributed by atoms with Crippen molar-refractivity contribution in [2.75, 3.05) is 45.8 Å². The number of benzene rings is 1. The largest absolute Gasteiger partial charge is 0.401 e. The molecule has 0 aliphatic rings. The summed E-state index contributed by atoms with van der Waals surface area (Å²) in [5.41, 5.74) is 0.698. The quantitative estimate of drug-likeness (QED) is 0.452. The highest BCUT2D eigenvalue weighted by molar-refractivity contribution is 7.89. The molecule has 3 rings (SSSR count). The minimum atomic E-state index is -3.78. The molecule has 0 bridgehead atoms. The SMILES string of the molecule is COCCN(CCOC)S(=O)(=O)c1ccc(C(=O)Nc2nnc(-c3ccccn3)o2)cc1. The number of sulfonamides is 1. The number of carbonyl (C=O) groups is 1. The maximum atomic E-state index is 12.9. The van der Waals surface area contributed by atoms with Gasteiger partial charge in [-0.05, 0) is 36.4 Å². The highest BCUT2D eigenvalue weighted by atomic mass is 32.2. The van der Waals surface area contributed by atoms with Gasteiger partial charge in [0.15, 0.2) is 0 Å². The standard InChI is InChI=1S/C20H23N5O6S/c1-29-13-11-25(12-14-30-2)32(27,28)16-8-6-15(7-9-16)18(26)22-20-24-23-19(31-20)17-5-3-4-10-21-17/h3-10H,11-14H2,1-2H3,(H,22,24,26).